The van der Waals surface area contributed by atoms with E-state index in [1.54, 1.807) is 32.0 Å². The summed E-state index contributed by atoms with van der Waals surface area (Å²) in [6.07, 6.45) is 0. The van der Waals surface area contributed by atoms with Gasteiger partial charge in [0.15, 0.2) is 5.60 Å². The van der Waals surface area contributed by atoms with Crippen molar-refractivity contribution in [1.29, 1.82) is 0 Å². The van der Waals surface area contributed by atoms with E-state index in [2.05, 4.69) is 10.6 Å². The summed E-state index contributed by atoms with van der Waals surface area (Å²) in [5, 5.41) is 5.47. The first-order valence-corrected chi connectivity index (χ1v) is 9.93. The molecule has 8 nitrogen and oxygen atoms in total. The summed E-state index contributed by atoms with van der Waals surface area (Å²) in [7, 11) is -0.676. The number of benzene rings is 2. The second kappa shape index (κ2) is 6.92. The number of carbonyl (C=O) groups is 2. The van der Waals surface area contributed by atoms with Gasteiger partial charge >= 0.3 is 0 Å². The Hall–Kier alpha value is -2.91. The second-order valence-electron chi connectivity index (χ2n) is 7.04. The number of amides is 2. The molecule has 0 radical (unpaired) electrons. The third kappa shape index (κ3) is 3.71. The number of fused-ring (bicyclic) bond motifs is 1. The minimum absolute atomic E-state index is 0.102. The van der Waals surface area contributed by atoms with Gasteiger partial charge in [-0.2, -0.15) is 0 Å². The molecule has 2 aromatic carbocycles. The number of nitrogens with one attached hydrogen (secondary N) is 2. The molecule has 2 aromatic rings. The van der Waals surface area contributed by atoms with Crippen LogP contribution in [0, 0.1) is 0 Å². The van der Waals surface area contributed by atoms with Crippen molar-refractivity contribution in [3.63, 3.8) is 0 Å². The molecule has 1 aliphatic heterocycles. The maximum atomic E-state index is 12.5. The van der Waals surface area contributed by atoms with Gasteiger partial charge in [0.25, 0.3) is 11.8 Å². The second-order valence-corrected chi connectivity index (χ2v) is 9.20. The highest BCUT2D eigenvalue weighted by Crippen LogP contribution is 2.35. The summed E-state index contributed by atoms with van der Waals surface area (Å²) in [5.41, 5.74) is 0.274. The predicted molar refractivity (Wildman–Crippen MR) is 105 cm³/mol. The van der Waals surface area contributed by atoms with Gasteiger partial charge in [-0.15, -0.1) is 0 Å². The van der Waals surface area contributed by atoms with E-state index in [0.29, 0.717) is 22.7 Å². The minimum atomic E-state index is -3.56. The molecule has 0 bridgehead atoms. The monoisotopic (exact) mass is 403 g/mol. The molecule has 0 saturated carbocycles. The smallest absolute Gasteiger partial charge is 0.268 e. The average molecular weight is 403 g/mol. The molecule has 2 amide bonds. The normalized spacial score (nSPS) is 15.4. The Morgan fingerprint density at radius 2 is 1.75 bits per heavy atom. The van der Waals surface area contributed by atoms with E-state index in [4.69, 9.17) is 4.74 Å². The van der Waals surface area contributed by atoms with Gasteiger partial charge in [0.05, 0.1) is 10.6 Å². The Balaban J connectivity index is 1.77. The highest BCUT2D eigenvalue weighted by atomic mass is 32.2. The van der Waals surface area contributed by atoms with Gasteiger partial charge < -0.3 is 15.4 Å². The summed E-state index contributed by atoms with van der Waals surface area (Å²) >= 11 is 0. The van der Waals surface area contributed by atoms with E-state index in [0.717, 1.165) is 4.31 Å². The molecular formula is C19H21N3O5S. The molecule has 0 aromatic heterocycles. The van der Waals surface area contributed by atoms with Gasteiger partial charge in [-0.05, 0) is 56.3 Å². The number of ether oxygens (including phenoxy) is 1. The van der Waals surface area contributed by atoms with Crippen molar-refractivity contribution in [3.05, 3.63) is 48.0 Å². The molecule has 2 N–H and O–H groups in total. The van der Waals surface area contributed by atoms with Crippen LogP contribution in [0.2, 0.25) is 0 Å². The first-order chi connectivity index (χ1) is 13.0. The number of nitrogens with zero attached hydrogens (tertiary/aromatic N) is 1. The van der Waals surface area contributed by atoms with E-state index in [-0.39, 0.29) is 10.8 Å². The lowest BCUT2D eigenvalue weighted by molar-refractivity contribution is -0.129. The van der Waals surface area contributed by atoms with Gasteiger partial charge in [-0.25, -0.2) is 12.7 Å². The Bertz CT molecular complexity index is 1040. The Morgan fingerprint density at radius 3 is 2.36 bits per heavy atom. The first kappa shape index (κ1) is 19.8. The third-order valence-electron chi connectivity index (χ3n) is 4.29. The molecule has 1 heterocycles. The molecule has 0 saturated heterocycles. The standard InChI is InChI=1S/C19H21N3O5S/c1-19(2)18(24)21-15-11-13(7-10-16(15)27-19)20-17(23)12-5-8-14(9-6-12)28(25,26)22(3)4/h5-11H,1-4H3,(H,20,23)(H,21,24). The van der Waals surface area contributed by atoms with Gasteiger partial charge in [-0.3, -0.25) is 9.59 Å². The Kier molecular flexibility index (Phi) is 4.90. The molecule has 0 atom stereocenters. The lowest BCUT2D eigenvalue weighted by Gasteiger charge is -2.31. The molecule has 148 valence electrons. The van der Waals surface area contributed by atoms with Crippen LogP contribution in [0.5, 0.6) is 5.75 Å². The van der Waals surface area contributed by atoms with Gasteiger partial charge in [0.1, 0.15) is 5.75 Å². The maximum absolute atomic E-state index is 12.5. The van der Waals surface area contributed by atoms with Crippen molar-refractivity contribution in [3.8, 4) is 5.75 Å². The average Bonchev–Trinajstić information content (AvgIpc) is 2.62. The highest BCUT2D eigenvalue weighted by Gasteiger charge is 2.35. The zero-order chi connectivity index (χ0) is 20.7. The van der Waals surface area contributed by atoms with E-state index < -0.39 is 21.5 Å². The molecule has 0 spiro atoms. The number of hydrogen-bond acceptors (Lipinski definition) is 5. The number of rotatable bonds is 4. The summed E-state index contributed by atoms with van der Waals surface area (Å²) < 4.78 is 30.9. The minimum Gasteiger partial charge on any atom is -0.476 e. The first-order valence-electron chi connectivity index (χ1n) is 8.49. The van der Waals surface area contributed by atoms with Crippen molar-refractivity contribution >= 4 is 33.2 Å². The molecule has 0 unspecified atom stereocenters. The van der Waals surface area contributed by atoms with Crippen molar-refractivity contribution in [1.82, 2.24) is 4.31 Å². The largest absolute Gasteiger partial charge is 0.476 e. The van der Waals surface area contributed by atoms with E-state index in [1.807, 2.05) is 0 Å². The SMILES string of the molecule is CN(C)S(=O)(=O)c1ccc(C(=O)Nc2ccc3c(c2)NC(=O)C(C)(C)O3)cc1. The Morgan fingerprint density at radius 1 is 1.11 bits per heavy atom. The van der Waals surface area contributed by atoms with Crippen LogP contribution in [0.15, 0.2) is 47.4 Å². The van der Waals surface area contributed by atoms with Crippen LogP contribution in [-0.4, -0.2) is 44.2 Å². The fraction of sp³-hybridized carbons (Fsp3) is 0.263. The van der Waals surface area contributed by atoms with Crippen molar-refractivity contribution in [2.75, 3.05) is 24.7 Å². The zero-order valence-electron chi connectivity index (χ0n) is 15.9. The predicted octanol–water partition coefficient (Wildman–Crippen LogP) is 2.30. The van der Waals surface area contributed by atoms with Gasteiger partial charge in [-0.1, -0.05) is 0 Å². The van der Waals surface area contributed by atoms with Crippen LogP contribution in [0.1, 0.15) is 24.2 Å². The van der Waals surface area contributed by atoms with Crippen LogP contribution in [-0.2, 0) is 14.8 Å². The van der Waals surface area contributed by atoms with Crippen molar-refractivity contribution in [2.24, 2.45) is 0 Å². The van der Waals surface area contributed by atoms with E-state index in [9.17, 15) is 18.0 Å². The summed E-state index contributed by atoms with van der Waals surface area (Å²) in [6, 6.07) is 10.6. The molecule has 3 rings (SSSR count). The lowest BCUT2D eigenvalue weighted by Crippen LogP contribution is -2.45. The molecular weight excluding hydrogens is 382 g/mol. The van der Waals surface area contributed by atoms with Gasteiger partial charge in [0, 0.05) is 25.3 Å². The molecule has 1 aliphatic rings. The quantitative estimate of drug-likeness (QED) is 0.815. The van der Waals surface area contributed by atoms with Crippen LogP contribution in [0.4, 0.5) is 11.4 Å². The number of hydrogen-bond donors (Lipinski definition) is 2. The van der Waals surface area contributed by atoms with Crippen LogP contribution >= 0.6 is 0 Å². The van der Waals surface area contributed by atoms with Crippen LogP contribution in [0.25, 0.3) is 0 Å². The number of carbonyl (C=O) groups excluding carboxylic acids is 2. The zero-order valence-corrected chi connectivity index (χ0v) is 16.8. The van der Waals surface area contributed by atoms with Crippen molar-refractivity contribution in [2.45, 2.75) is 24.3 Å². The van der Waals surface area contributed by atoms with Crippen LogP contribution < -0.4 is 15.4 Å². The summed E-state index contributed by atoms with van der Waals surface area (Å²) in [4.78, 5) is 24.6. The van der Waals surface area contributed by atoms with Crippen LogP contribution in [0.3, 0.4) is 0 Å². The fourth-order valence-electron chi connectivity index (χ4n) is 2.58. The molecule has 9 heteroatoms. The third-order valence-corrected chi connectivity index (χ3v) is 6.12. The number of anilines is 2. The van der Waals surface area contributed by atoms with E-state index in [1.165, 1.54) is 38.4 Å². The summed E-state index contributed by atoms with van der Waals surface area (Å²) in [6.45, 7) is 3.34. The molecule has 0 fully saturated rings. The topological polar surface area (TPSA) is 105 Å². The fourth-order valence-corrected chi connectivity index (χ4v) is 3.48. The molecule has 28 heavy (non-hydrogen) atoms. The van der Waals surface area contributed by atoms with Gasteiger partial charge in [0.2, 0.25) is 10.0 Å². The summed E-state index contributed by atoms with van der Waals surface area (Å²) in [5.74, 6) is -0.167. The lowest BCUT2D eigenvalue weighted by atomic mass is 10.1. The molecule has 0 aliphatic carbocycles. The Labute approximate surface area is 163 Å². The number of sulfonamides is 1. The maximum Gasteiger partial charge on any atom is 0.268 e. The highest BCUT2D eigenvalue weighted by molar-refractivity contribution is 7.89. The van der Waals surface area contributed by atoms with E-state index >= 15 is 0 Å². The van der Waals surface area contributed by atoms with Crippen molar-refractivity contribution < 1.29 is 22.7 Å².